The topological polar surface area (TPSA) is 84.0 Å². The van der Waals surface area contributed by atoms with Crippen LogP contribution in [0.1, 0.15) is 32.8 Å². The molecule has 158 valence electrons. The Morgan fingerprint density at radius 3 is 2.71 bits per heavy atom. The molecular formula is C19H32IN5O2S. The maximum absolute atomic E-state index is 12.6. The number of pyridine rings is 1. The first-order chi connectivity index (χ1) is 12.8. The highest BCUT2D eigenvalue weighted by Gasteiger charge is 2.22. The zero-order valence-electron chi connectivity index (χ0n) is 17.0. The molecule has 1 fully saturated rings. The summed E-state index contributed by atoms with van der Waals surface area (Å²) >= 11 is 1.94. The van der Waals surface area contributed by atoms with Crippen LogP contribution in [0.15, 0.2) is 29.5 Å². The molecule has 1 amide bonds. The van der Waals surface area contributed by atoms with E-state index >= 15 is 0 Å². The average molecular weight is 521 g/mol. The second kappa shape index (κ2) is 12.4. The zero-order chi connectivity index (χ0) is 19.7. The number of guanidine groups is 1. The minimum atomic E-state index is -0.529. The van der Waals surface area contributed by atoms with E-state index < -0.39 is 5.60 Å². The fourth-order valence-corrected chi connectivity index (χ4v) is 3.52. The van der Waals surface area contributed by atoms with Crippen molar-refractivity contribution in [2.75, 3.05) is 37.7 Å². The number of hydrogen-bond donors (Lipinski definition) is 1. The maximum atomic E-state index is 12.6. The van der Waals surface area contributed by atoms with Gasteiger partial charge in [-0.15, -0.1) is 24.0 Å². The van der Waals surface area contributed by atoms with Crippen LogP contribution in [-0.2, 0) is 11.3 Å². The van der Waals surface area contributed by atoms with Crippen molar-refractivity contribution in [3.63, 3.8) is 0 Å². The molecule has 9 heteroatoms. The molecule has 2 heterocycles. The Kier molecular flexibility index (Phi) is 10.9. The van der Waals surface area contributed by atoms with Crippen LogP contribution in [0.25, 0.3) is 0 Å². The van der Waals surface area contributed by atoms with Gasteiger partial charge in [0, 0.05) is 50.1 Å². The lowest BCUT2D eigenvalue weighted by Crippen LogP contribution is -2.42. The Bertz CT molecular complexity index is 619. The summed E-state index contributed by atoms with van der Waals surface area (Å²) in [5, 5.41) is 0. The second-order valence-corrected chi connectivity index (χ2v) is 8.68. The smallest absolute Gasteiger partial charge is 0.410 e. The van der Waals surface area contributed by atoms with Gasteiger partial charge in [0.1, 0.15) is 5.60 Å². The quantitative estimate of drug-likeness (QED) is 0.268. The number of rotatable bonds is 6. The SMILES string of the molecule is CC(C)(C)OC(=O)N(CCCN=C(N)N1CCSCC1)Cc1cccnc1.I. The predicted molar refractivity (Wildman–Crippen MR) is 126 cm³/mol. The number of nitrogens with two attached hydrogens (primary N) is 1. The van der Waals surface area contributed by atoms with Gasteiger partial charge in [0.05, 0.1) is 6.54 Å². The fraction of sp³-hybridized carbons (Fsp3) is 0.632. The standard InChI is InChI=1S/C19H31N5O2S.HI/c1-19(2,3)26-18(25)24(15-16-6-4-7-21-14-16)9-5-8-22-17(20)23-10-12-27-13-11-23;/h4,6-7,14H,5,8-13,15H2,1-3H3,(H2,20,22);1H. The van der Waals surface area contributed by atoms with Crippen molar-refractivity contribution < 1.29 is 9.53 Å². The van der Waals surface area contributed by atoms with Gasteiger partial charge >= 0.3 is 6.09 Å². The van der Waals surface area contributed by atoms with Crippen LogP contribution in [0, 0.1) is 0 Å². The molecule has 0 spiro atoms. The maximum Gasteiger partial charge on any atom is 0.410 e. The van der Waals surface area contributed by atoms with Gasteiger partial charge in [-0.3, -0.25) is 9.98 Å². The molecule has 1 aromatic heterocycles. The van der Waals surface area contributed by atoms with E-state index in [9.17, 15) is 4.79 Å². The summed E-state index contributed by atoms with van der Waals surface area (Å²) in [6, 6.07) is 3.82. The van der Waals surface area contributed by atoms with Crippen molar-refractivity contribution in [2.24, 2.45) is 10.7 Å². The third-order valence-electron chi connectivity index (χ3n) is 3.94. The molecule has 0 aromatic carbocycles. The minimum Gasteiger partial charge on any atom is -0.444 e. The summed E-state index contributed by atoms with van der Waals surface area (Å²) in [7, 11) is 0. The van der Waals surface area contributed by atoms with Crippen LogP contribution >= 0.6 is 35.7 Å². The number of hydrogen-bond acceptors (Lipinski definition) is 5. The predicted octanol–water partition coefficient (Wildman–Crippen LogP) is 3.19. The lowest BCUT2D eigenvalue weighted by atomic mass is 10.2. The highest BCUT2D eigenvalue weighted by molar-refractivity contribution is 14.0. The van der Waals surface area contributed by atoms with Crippen molar-refractivity contribution in [3.05, 3.63) is 30.1 Å². The summed E-state index contributed by atoms with van der Waals surface area (Å²) in [6.45, 7) is 9.11. The summed E-state index contributed by atoms with van der Waals surface area (Å²) in [5.74, 6) is 2.79. The first-order valence-corrected chi connectivity index (χ1v) is 10.5. The second-order valence-electron chi connectivity index (χ2n) is 7.46. The van der Waals surface area contributed by atoms with E-state index in [-0.39, 0.29) is 30.1 Å². The number of thioether (sulfide) groups is 1. The van der Waals surface area contributed by atoms with Crippen LogP contribution in [0.5, 0.6) is 0 Å². The van der Waals surface area contributed by atoms with Gasteiger partial charge in [-0.2, -0.15) is 11.8 Å². The first-order valence-electron chi connectivity index (χ1n) is 9.34. The first kappa shape index (κ1) is 24.8. The molecular weight excluding hydrogens is 489 g/mol. The van der Waals surface area contributed by atoms with Crippen molar-refractivity contribution in [2.45, 2.75) is 39.3 Å². The number of amides is 1. The third-order valence-corrected chi connectivity index (χ3v) is 4.89. The minimum absolute atomic E-state index is 0. The number of aromatic nitrogens is 1. The molecule has 0 unspecified atom stereocenters. The zero-order valence-corrected chi connectivity index (χ0v) is 20.1. The molecule has 1 aromatic rings. The molecule has 0 atom stereocenters. The summed E-state index contributed by atoms with van der Waals surface area (Å²) < 4.78 is 5.54. The van der Waals surface area contributed by atoms with Gasteiger partial charge in [-0.25, -0.2) is 4.79 Å². The van der Waals surface area contributed by atoms with Gasteiger partial charge in [0.2, 0.25) is 0 Å². The molecule has 0 saturated carbocycles. The van der Waals surface area contributed by atoms with E-state index in [1.54, 1.807) is 17.3 Å². The van der Waals surface area contributed by atoms with Crippen molar-refractivity contribution >= 4 is 47.8 Å². The normalized spacial score (nSPS) is 15.0. The number of halogens is 1. The van der Waals surface area contributed by atoms with Gasteiger partial charge in [-0.05, 0) is 38.8 Å². The lowest BCUT2D eigenvalue weighted by Gasteiger charge is -2.28. The molecule has 1 aliphatic heterocycles. The highest BCUT2D eigenvalue weighted by atomic mass is 127. The van der Waals surface area contributed by atoms with Crippen molar-refractivity contribution in [1.82, 2.24) is 14.8 Å². The van der Waals surface area contributed by atoms with Crippen LogP contribution in [0.3, 0.4) is 0 Å². The Balaban J connectivity index is 0.00000392. The Labute approximate surface area is 189 Å². The molecule has 0 aliphatic carbocycles. The highest BCUT2D eigenvalue weighted by Crippen LogP contribution is 2.13. The summed E-state index contributed by atoms with van der Waals surface area (Å²) in [5.41, 5.74) is 6.53. The van der Waals surface area contributed by atoms with Gasteiger partial charge in [0.25, 0.3) is 0 Å². The fourth-order valence-electron chi connectivity index (χ4n) is 2.62. The summed E-state index contributed by atoms with van der Waals surface area (Å²) in [6.07, 6.45) is 3.89. The Hall–Kier alpha value is -1.23. The Morgan fingerprint density at radius 2 is 2.11 bits per heavy atom. The van der Waals surface area contributed by atoms with E-state index in [4.69, 9.17) is 10.5 Å². The molecule has 7 nitrogen and oxygen atoms in total. The van der Waals surface area contributed by atoms with Gasteiger partial charge in [-0.1, -0.05) is 6.07 Å². The van der Waals surface area contributed by atoms with E-state index in [0.717, 1.165) is 36.6 Å². The van der Waals surface area contributed by atoms with E-state index in [1.165, 1.54) is 0 Å². The van der Waals surface area contributed by atoms with Crippen molar-refractivity contribution in [3.8, 4) is 0 Å². The molecule has 1 saturated heterocycles. The van der Waals surface area contributed by atoms with E-state index in [0.29, 0.717) is 25.6 Å². The van der Waals surface area contributed by atoms with Crippen molar-refractivity contribution in [1.29, 1.82) is 0 Å². The number of ether oxygens (including phenoxy) is 1. The third kappa shape index (κ3) is 9.31. The van der Waals surface area contributed by atoms with Crippen LogP contribution in [0.4, 0.5) is 4.79 Å². The van der Waals surface area contributed by atoms with Gasteiger partial charge < -0.3 is 20.3 Å². The number of carbonyl (C=O) groups excluding carboxylic acids is 1. The summed E-state index contributed by atoms with van der Waals surface area (Å²) in [4.78, 5) is 25.0. The van der Waals surface area contributed by atoms with E-state index in [1.807, 2.05) is 44.7 Å². The van der Waals surface area contributed by atoms with E-state index in [2.05, 4.69) is 14.9 Å². The molecule has 2 rings (SSSR count). The monoisotopic (exact) mass is 521 g/mol. The Morgan fingerprint density at radius 1 is 1.39 bits per heavy atom. The van der Waals surface area contributed by atoms with Crippen LogP contribution in [0.2, 0.25) is 0 Å². The number of aliphatic imine (C=N–C) groups is 1. The molecule has 0 radical (unpaired) electrons. The molecule has 2 N–H and O–H groups in total. The molecule has 0 bridgehead atoms. The number of carbonyl (C=O) groups is 1. The largest absolute Gasteiger partial charge is 0.444 e. The van der Waals surface area contributed by atoms with Crippen LogP contribution < -0.4 is 5.73 Å². The lowest BCUT2D eigenvalue weighted by molar-refractivity contribution is 0.0232. The number of nitrogens with zero attached hydrogens (tertiary/aromatic N) is 4. The van der Waals surface area contributed by atoms with Crippen LogP contribution in [-0.4, -0.2) is 70.1 Å². The molecule has 28 heavy (non-hydrogen) atoms. The average Bonchev–Trinajstić information content (AvgIpc) is 2.64. The molecule has 1 aliphatic rings. The van der Waals surface area contributed by atoms with Gasteiger partial charge in [0.15, 0.2) is 5.96 Å².